The lowest BCUT2D eigenvalue weighted by atomic mass is 10.1. The third kappa shape index (κ3) is 3.82. The minimum absolute atomic E-state index is 0.0808. The van der Waals surface area contributed by atoms with Gasteiger partial charge in [0.2, 0.25) is 15.9 Å². The van der Waals surface area contributed by atoms with E-state index in [4.69, 9.17) is 0 Å². The fourth-order valence-corrected chi connectivity index (χ4v) is 5.87. The van der Waals surface area contributed by atoms with E-state index in [1.54, 1.807) is 17.0 Å². The monoisotopic (exact) mass is 449 g/mol. The lowest BCUT2D eigenvalue weighted by Gasteiger charge is -2.34. The van der Waals surface area contributed by atoms with Gasteiger partial charge in [-0.05, 0) is 37.3 Å². The number of hydrogen-bond donors (Lipinski definition) is 1. The normalized spacial score (nSPS) is 19.9. The zero-order chi connectivity index (χ0) is 21.5. The van der Waals surface area contributed by atoms with Crippen molar-refractivity contribution in [2.75, 3.05) is 31.5 Å². The lowest BCUT2D eigenvalue weighted by molar-refractivity contribution is -0.115. The van der Waals surface area contributed by atoms with Crippen molar-refractivity contribution >= 4 is 39.3 Å². The maximum Gasteiger partial charge on any atom is 0.254 e. The number of benzene rings is 2. The molecule has 1 saturated heterocycles. The summed E-state index contributed by atoms with van der Waals surface area (Å²) in [6.07, 6.45) is 0. The maximum atomic E-state index is 14.0. The minimum Gasteiger partial charge on any atom is -0.336 e. The van der Waals surface area contributed by atoms with Crippen molar-refractivity contribution in [3.05, 3.63) is 53.8 Å². The number of carbonyl (C=O) groups is 2. The topological polar surface area (TPSA) is 86.8 Å². The molecule has 0 spiro atoms. The molecule has 10 heteroatoms. The van der Waals surface area contributed by atoms with Gasteiger partial charge in [-0.15, -0.1) is 11.8 Å². The van der Waals surface area contributed by atoms with Crippen molar-refractivity contribution in [1.82, 2.24) is 9.21 Å². The van der Waals surface area contributed by atoms with Crippen LogP contribution >= 0.6 is 11.8 Å². The first-order valence-corrected chi connectivity index (χ1v) is 11.7. The quantitative estimate of drug-likeness (QED) is 0.778. The molecule has 0 radical (unpaired) electrons. The van der Waals surface area contributed by atoms with Crippen LogP contribution in [0.25, 0.3) is 0 Å². The van der Waals surface area contributed by atoms with Gasteiger partial charge < -0.3 is 10.2 Å². The highest BCUT2D eigenvalue weighted by Gasteiger charge is 2.32. The second-order valence-corrected chi connectivity index (χ2v) is 10.4. The number of sulfonamides is 1. The van der Waals surface area contributed by atoms with Gasteiger partial charge in [-0.25, -0.2) is 12.8 Å². The molecule has 1 atom stereocenters. The molecule has 0 aromatic heterocycles. The standard InChI is InChI=1S/C20H20FN3O4S2/c1-13-19(25)22-16-12-14(6-7-17(16)29-13)20(26)23-8-10-24(11-9-23)30(27,28)18-5-3-2-4-15(18)21/h2-7,12-13H,8-11H2,1H3,(H,22,25). The first-order chi connectivity index (χ1) is 14.3. The number of anilines is 1. The van der Waals surface area contributed by atoms with Crippen molar-refractivity contribution < 1.29 is 22.4 Å². The largest absolute Gasteiger partial charge is 0.336 e. The Morgan fingerprint density at radius 3 is 2.53 bits per heavy atom. The Kier molecular flexibility index (Phi) is 5.56. The molecular formula is C20H20FN3O4S2. The summed E-state index contributed by atoms with van der Waals surface area (Å²) >= 11 is 1.44. The van der Waals surface area contributed by atoms with Crippen LogP contribution in [-0.4, -0.2) is 60.9 Å². The molecule has 2 aromatic carbocycles. The molecular weight excluding hydrogens is 429 g/mol. The first-order valence-electron chi connectivity index (χ1n) is 9.43. The maximum absolute atomic E-state index is 14.0. The van der Waals surface area contributed by atoms with E-state index >= 15 is 0 Å². The summed E-state index contributed by atoms with van der Waals surface area (Å²) in [4.78, 5) is 26.9. The Labute approximate surface area is 178 Å². The Hall–Kier alpha value is -2.43. The van der Waals surface area contributed by atoms with E-state index in [-0.39, 0.29) is 48.1 Å². The molecule has 2 aliphatic rings. The van der Waals surface area contributed by atoms with Crippen LogP contribution in [0.15, 0.2) is 52.3 Å². The van der Waals surface area contributed by atoms with Crippen LogP contribution in [0.4, 0.5) is 10.1 Å². The third-order valence-electron chi connectivity index (χ3n) is 5.14. The average Bonchev–Trinajstić information content (AvgIpc) is 2.74. The van der Waals surface area contributed by atoms with Crippen LogP contribution in [0.2, 0.25) is 0 Å². The number of carbonyl (C=O) groups excluding carboxylic acids is 2. The van der Waals surface area contributed by atoms with Crippen LogP contribution < -0.4 is 5.32 Å². The fourth-order valence-electron chi connectivity index (χ4n) is 3.45. The van der Waals surface area contributed by atoms with Crippen molar-refractivity contribution in [2.45, 2.75) is 22.0 Å². The molecule has 2 aromatic rings. The summed E-state index contributed by atoms with van der Waals surface area (Å²) in [5.74, 6) is -1.14. The SMILES string of the molecule is CC1Sc2ccc(C(=O)N3CCN(S(=O)(=O)c4ccccc4F)CC3)cc2NC1=O. The van der Waals surface area contributed by atoms with Gasteiger partial charge in [-0.2, -0.15) is 4.31 Å². The molecule has 0 bridgehead atoms. The van der Waals surface area contributed by atoms with Crippen molar-refractivity contribution in [2.24, 2.45) is 0 Å². The van der Waals surface area contributed by atoms with Crippen LogP contribution in [0.3, 0.4) is 0 Å². The molecule has 2 aliphatic heterocycles. The summed E-state index contributed by atoms with van der Waals surface area (Å²) in [5, 5.41) is 2.61. The molecule has 1 N–H and O–H groups in total. The van der Waals surface area contributed by atoms with Gasteiger partial charge in [0, 0.05) is 36.6 Å². The molecule has 7 nitrogen and oxygen atoms in total. The van der Waals surface area contributed by atoms with Gasteiger partial charge in [0.15, 0.2) is 0 Å². The van der Waals surface area contributed by atoms with E-state index in [2.05, 4.69) is 5.32 Å². The number of thioether (sulfide) groups is 1. The van der Waals surface area contributed by atoms with Gasteiger partial charge in [0.05, 0.1) is 10.9 Å². The molecule has 30 heavy (non-hydrogen) atoms. The van der Waals surface area contributed by atoms with Crippen molar-refractivity contribution in [3.63, 3.8) is 0 Å². The molecule has 158 valence electrons. The number of fused-ring (bicyclic) bond motifs is 1. The van der Waals surface area contributed by atoms with E-state index in [0.717, 1.165) is 11.0 Å². The predicted molar refractivity (Wildman–Crippen MR) is 111 cm³/mol. The van der Waals surface area contributed by atoms with Crippen LogP contribution in [-0.2, 0) is 14.8 Å². The van der Waals surface area contributed by atoms with E-state index in [1.165, 1.54) is 34.3 Å². The van der Waals surface area contributed by atoms with E-state index < -0.39 is 15.8 Å². The molecule has 1 fully saturated rings. The highest BCUT2D eigenvalue weighted by molar-refractivity contribution is 8.01. The highest BCUT2D eigenvalue weighted by atomic mass is 32.2. The van der Waals surface area contributed by atoms with Gasteiger partial charge in [0.1, 0.15) is 10.7 Å². The summed E-state index contributed by atoms with van der Waals surface area (Å²) in [6, 6.07) is 10.4. The molecule has 0 aliphatic carbocycles. The van der Waals surface area contributed by atoms with Crippen LogP contribution in [0.1, 0.15) is 17.3 Å². The molecule has 0 saturated carbocycles. The third-order valence-corrected chi connectivity index (χ3v) is 8.25. The van der Waals surface area contributed by atoms with E-state index in [1.807, 2.05) is 13.0 Å². The number of nitrogens with zero attached hydrogens (tertiary/aromatic N) is 2. The molecule has 2 amide bonds. The van der Waals surface area contributed by atoms with Gasteiger partial charge in [0.25, 0.3) is 5.91 Å². The first kappa shape index (κ1) is 20.8. The average molecular weight is 450 g/mol. The zero-order valence-corrected chi connectivity index (χ0v) is 17.8. The summed E-state index contributed by atoms with van der Waals surface area (Å²) in [6.45, 7) is 2.37. The molecule has 1 unspecified atom stereocenters. The zero-order valence-electron chi connectivity index (χ0n) is 16.2. The number of piperazine rings is 1. The number of halogens is 1. The summed E-state index contributed by atoms with van der Waals surface area (Å²) in [7, 11) is -3.96. The number of nitrogens with one attached hydrogen (secondary N) is 1. The lowest BCUT2D eigenvalue weighted by Crippen LogP contribution is -2.50. The summed E-state index contributed by atoms with van der Waals surface area (Å²) in [5.41, 5.74) is 1.03. The Morgan fingerprint density at radius 2 is 1.83 bits per heavy atom. The van der Waals surface area contributed by atoms with E-state index in [0.29, 0.717) is 11.3 Å². The number of amides is 2. The Balaban J connectivity index is 1.46. The smallest absolute Gasteiger partial charge is 0.254 e. The van der Waals surface area contributed by atoms with Crippen molar-refractivity contribution in [1.29, 1.82) is 0 Å². The Morgan fingerprint density at radius 1 is 1.13 bits per heavy atom. The second-order valence-electron chi connectivity index (χ2n) is 7.09. The van der Waals surface area contributed by atoms with Gasteiger partial charge in [-0.3, -0.25) is 9.59 Å². The minimum atomic E-state index is -3.96. The molecule has 2 heterocycles. The Bertz CT molecular complexity index is 1110. The van der Waals surface area contributed by atoms with Crippen LogP contribution in [0, 0.1) is 5.82 Å². The second kappa shape index (κ2) is 8.01. The fraction of sp³-hybridized carbons (Fsp3) is 0.300. The number of hydrogen-bond acceptors (Lipinski definition) is 5. The summed E-state index contributed by atoms with van der Waals surface area (Å²) < 4.78 is 40.6. The van der Waals surface area contributed by atoms with Crippen molar-refractivity contribution in [3.8, 4) is 0 Å². The van der Waals surface area contributed by atoms with E-state index in [9.17, 15) is 22.4 Å². The predicted octanol–water partition coefficient (Wildman–Crippen LogP) is 2.41. The number of rotatable bonds is 3. The van der Waals surface area contributed by atoms with Crippen LogP contribution in [0.5, 0.6) is 0 Å². The van der Waals surface area contributed by atoms with Gasteiger partial charge >= 0.3 is 0 Å². The van der Waals surface area contributed by atoms with Gasteiger partial charge in [-0.1, -0.05) is 12.1 Å². The highest BCUT2D eigenvalue weighted by Crippen LogP contribution is 2.36. The molecule has 4 rings (SSSR count).